The first-order valence-corrected chi connectivity index (χ1v) is 11.6. The summed E-state index contributed by atoms with van der Waals surface area (Å²) < 4.78 is 8.21. The predicted molar refractivity (Wildman–Crippen MR) is 131 cm³/mol. The molecule has 5 rings (SSSR count). The van der Waals surface area contributed by atoms with E-state index in [1.807, 2.05) is 54.6 Å². The van der Waals surface area contributed by atoms with Gasteiger partial charge in [0.1, 0.15) is 11.6 Å². The van der Waals surface area contributed by atoms with Gasteiger partial charge in [0.2, 0.25) is 0 Å². The second-order valence-corrected chi connectivity index (χ2v) is 8.67. The first kappa shape index (κ1) is 21.9. The van der Waals surface area contributed by atoms with E-state index < -0.39 is 5.92 Å². The maximum Gasteiger partial charge on any atom is 0.332 e. The Bertz CT molecular complexity index is 1400. The molecule has 2 heterocycles. The van der Waals surface area contributed by atoms with E-state index in [1.54, 1.807) is 18.6 Å². The van der Waals surface area contributed by atoms with E-state index >= 15 is 0 Å². The van der Waals surface area contributed by atoms with E-state index in [9.17, 15) is 14.4 Å². The Labute approximate surface area is 197 Å². The van der Waals surface area contributed by atoms with Crippen LogP contribution < -0.4 is 21.3 Å². The zero-order valence-electron chi connectivity index (χ0n) is 19.3. The summed E-state index contributed by atoms with van der Waals surface area (Å²) in [7, 11) is 1.60. The number of anilines is 1. The number of hydrogen-bond acceptors (Lipinski definition) is 5. The van der Waals surface area contributed by atoms with Gasteiger partial charge in [-0.1, -0.05) is 42.5 Å². The minimum Gasteiger partial charge on any atom is -0.497 e. The van der Waals surface area contributed by atoms with Gasteiger partial charge in [-0.15, -0.1) is 0 Å². The Morgan fingerprint density at radius 2 is 1.71 bits per heavy atom. The fourth-order valence-electron chi connectivity index (χ4n) is 5.05. The van der Waals surface area contributed by atoms with Gasteiger partial charge < -0.3 is 10.1 Å². The number of ether oxygens (including phenoxy) is 1. The summed E-state index contributed by atoms with van der Waals surface area (Å²) in [5.74, 6) is 0.682. The first-order chi connectivity index (χ1) is 16.5. The zero-order valence-corrected chi connectivity index (χ0v) is 19.3. The van der Waals surface area contributed by atoms with E-state index in [-0.39, 0.29) is 23.6 Å². The van der Waals surface area contributed by atoms with Crippen LogP contribution in [0.1, 0.15) is 48.8 Å². The molecule has 2 aromatic carbocycles. The van der Waals surface area contributed by atoms with Crippen molar-refractivity contribution in [1.82, 2.24) is 9.13 Å². The zero-order chi connectivity index (χ0) is 23.8. The van der Waals surface area contributed by atoms with Gasteiger partial charge in [0.25, 0.3) is 5.56 Å². The van der Waals surface area contributed by atoms with Crippen LogP contribution in [0.2, 0.25) is 0 Å². The number of allylic oxidation sites excluding steroid dienone is 2. The highest BCUT2D eigenvalue weighted by Gasteiger charge is 2.39. The van der Waals surface area contributed by atoms with Crippen LogP contribution in [0.3, 0.4) is 0 Å². The van der Waals surface area contributed by atoms with Crippen LogP contribution in [0.25, 0.3) is 0 Å². The number of benzene rings is 2. The molecule has 1 aromatic heterocycles. The van der Waals surface area contributed by atoms with Gasteiger partial charge in [-0.3, -0.25) is 18.7 Å². The third-order valence-electron chi connectivity index (χ3n) is 6.71. The number of methoxy groups -OCH3 is 1. The van der Waals surface area contributed by atoms with Gasteiger partial charge in [0.05, 0.1) is 19.2 Å². The Balaban J connectivity index is 1.80. The summed E-state index contributed by atoms with van der Waals surface area (Å²) in [6.07, 6.45) is 1.89. The summed E-state index contributed by atoms with van der Waals surface area (Å²) >= 11 is 0. The third-order valence-corrected chi connectivity index (χ3v) is 6.71. The molecular weight excluding hydrogens is 430 g/mol. The topological polar surface area (TPSA) is 82.3 Å². The summed E-state index contributed by atoms with van der Waals surface area (Å²) in [6, 6.07) is 17.2. The van der Waals surface area contributed by atoms with Gasteiger partial charge in [-0.05, 0) is 43.0 Å². The number of nitrogens with one attached hydrogen (secondary N) is 1. The molecule has 1 aliphatic heterocycles. The van der Waals surface area contributed by atoms with E-state index in [4.69, 9.17) is 4.74 Å². The molecule has 1 N–H and O–H groups in total. The Morgan fingerprint density at radius 3 is 2.38 bits per heavy atom. The molecule has 3 aromatic rings. The molecule has 2 aliphatic rings. The van der Waals surface area contributed by atoms with E-state index in [2.05, 4.69) is 5.32 Å². The van der Waals surface area contributed by atoms with Gasteiger partial charge >= 0.3 is 5.69 Å². The summed E-state index contributed by atoms with van der Waals surface area (Å²) in [4.78, 5) is 40.3. The highest BCUT2D eigenvalue weighted by atomic mass is 16.5. The average Bonchev–Trinajstić information content (AvgIpc) is 2.86. The van der Waals surface area contributed by atoms with Crippen LogP contribution >= 0.6 is 0 Å². The lowest BCUT2D eigenvalue weighted by Crippen LogP contribution is -2.45. The molecule has 0 saturated heterocycles. The SMILES string of the molecule is CCn1c(=O)c2c(n(Cc3ccccc3)c1=O)NC1=C(C(=O)CCC1)[C@H]2c1ccc(OC)cc1. The van der Waals surface area contributed by atoms with Crippen LogP contribution in [0, 0.1) is 0 Å². The number of carbonyl (C=O) groups excluding carboxylic acids is 1. The standard InChI is InChI=1S/C27H27N3O4/c1-3-29-26(32)24-22(18-12-14-19(34-2)15-13-18)23-20(10-7-11-21(23)31)28-25(24)30(27(29)33)16-17-8-5-4-6-9-17/h4-6,8-9,12-15,22,28H,3,7,10-11,16H2,1-2H3/t22-/m1/s1. The fourth-order valence-corrected chi connectivity index (χ4v) is 5.05. The highest BCUT2D eigenvalue weighted by Crippen LogP contribution is 2.43. The Hall–Kier alpha value is -3.87. The van der Waals surface area contributed by atoms with Gasteiger partial charge in [-0.2, -0.15) is 0 Å². The molecule has 0 radical (unpaired) electrons. The number of Topliss-reactive ketones (excluding diaryl/α,β-unsaturated/α-hetero) is 1. The first-order valence-electron chi connectivity index (χ1n) is 11.6. The number of nitrogens with zero attached hydrogens (tertiary/aromatic N) is 2. The molecule has 7 nitrogen and oxygen atoms in total. The average molecular weight is 458 g/mol. The van der Waals surface area contributed by atoms with Crippen LogP contribution in [-0.4, -0.2) is 22.0 Å². The van der Waals surface area contributed by atoms with E-state index in [1.165, 1.54) is 4.57 Å². The quantitative estimate of drug-likeness (QED) is 0.633. The van der Waals surface area contributed by atoms with Crippen LogP contribution in [0.5, 0.6) is 5.75 Å². The van der Waals surface area contributed by atoms with Gasteiger partial charge in [0, 0.05) is 30.2 Å². The lowest BCUT2D eigenvalue weighted by Gasteiger charge is -2.35. The largest absolute Gasteiger partial charge is 0.497 e. The molecule has 34 heavy (non-hydrogen) atoms. The molecule has 1 atom stereocenters. The molecule has 1 aliphatic carbocycles. The third kappa shape index (κ3) is 3.57. The van der Waals surface area contributed by atoms with Crippen molar-refractivity contribution in [1.29, 1.82) is 0 Å². The van der Waals surface area contributed by atoms with Crippen molar-refractivity contribution in [2.75, 3.05) is 12.4 Å². The number of aromatic nitrogens is 2. The highest BCUT2D eigenvalue weighted by molar-refractivity contribution is 6.00. The molecule has 0 bridgehead atoms. The number of carbonyl (C=O) groups is 1. The lowest BCUT2D eigenvalue weighted by molar-refractivity contribution is -0.116. The normalized spacial score (nSPS) is 17.1. The predicted octanol–water partition coefficient (Wildman–Crippen LogP) is 3.65. The van der Waals surface area contributed by atoms with Crippen LogP contribution in [-0.2, 0) is 17.9 Å². The second-order valence-electron chi connectivity index (χ2n) is 8.67. The molecule has 0 saturated carbocycles. The fraction of sp³-hybridized carbons (Fsp3) is 0.296. The van der Waals surface area contributed by atoms with Crippen molar-refractivity contribution in [2.24, 2.45) is 0 Å². The van der Waals surface area contributed by atoms with Crippen molar-refractivity contribution in [3.63, 3.8) is 0 Å². The number of ketones is 1. The second kappa shape index (κ2) is 8.82. The summed E-state index contributed by atoms with van der Waals surface area (Å²) in [5, 5.41) is 3.36. The van der Waals surface area contributed by atoms with Crippen LogP contribution in [0.4, 0.5) is 5.82 Å². The van der Waals surface area contributed by atoms with E-state index in [0.29, 0.717) is 42.1 Å². The molecule has 174 valence electrons. The van der Waals surface area contributed by atoms with E-state index in [0.717, 1.165) is 23.2 Å². The van der Waals surface area contributed by atoms with Crippen molar-refractivity contribution < 1.29 is 9.53 Å². The molecule has 0 fully saturated rings. The summed E-state index contributed by atoms with van der Waals surface area (Å²) in [6.45, 7) is 2.35. The van der Waals surface area contributed by atoms with Crippen LogP contribution in [0.15, 0.2) is 75.5 Å². The molecular formula is C27H27N3O4. The lowest BCUT2D eigenvalue weighted by atomic mass is 9.76. The monoisotopic (exact) mass is 457 g/mol. The molecule has 7 heteroatoms. The van der Waals surface area contributed by atoms with Crippen molar-refractivity contribution in [3.05, 3.63) is 103 Å². The minimum absolute atomic E-state index is 0.0449. The maximum absolute atomic E-state index is 13.7. The number of hydrogen-bond donors (Lipinski definition) is 1. The minimum atomic E-state index is -0.544. The number of fused-ring (bicyclic) bond motifs is 1. The summed E-state index contributed by atoms with van der Waals surface area (Å²) in [5.41, 5.74) is 2.95. The maximum atomic E-state index is 13.7. The van der Waals surface area contributed by atoms with Gasteiger partial charge in [-0.25, -0.2) is 4.79 Å². The van der Waals surface area contributed by atoms with Gasteiger partial charge in [0.15, 0.2) is 5.78 Å². The molecule has 0 spiro atoms. The number of rotatable bonds is 5. The van der Waals surface area contributed by atoms with Crippen molar-refractivity contribution in [2.45, 2.75) is 45.2 Å². The Morgan fingerprint density at radius 1 is 0.971 bits per heavy atom. The van der Waals surface area contributed by atoms with Crippen molar-refractivity contribution in [3.8, 4) is 5.75 Å². The van der Waals surface area contributed by atoms with Crippen molar-refractivity contribution >= 4 is 11.6 Å². The Kier molecular flexibility index (Phi) is 5.69. The molecule has 0 unspecified atom stereocenters. The molecule has 0 amide bonds. The smallest absolute Gasteiger partial charge is 0.332 e.